The largest absolute Gasteiger partial charge is 0.399 e. The molecule has 0 atom stereocenters. The first kappa shape index (κ1) is 11.4. The number of carbonyl (C=O) groups excluding carboxylic acids is 1. The van der Waals surface area contributed by atoms with Gasteiger partial charge in [0.15, 0.2) is 5.78 Å². The maximum absolute atomic E-state index is 12.0. The lowest BCUT2D eigenvalue weighted by Gasteiger charge is -2.05. The van der Waals surface area contributed by atoms with E-state index in [0.29, 0.717) is 23.4 Å². The first-order chi connectivity index (χ1) is 8.08. The Morgan fingerprint density at radius 2 is 2.18 bits per heavy atom. The molecular formula is C13H14N2O2. The van der Waals surface area contributed by atoms with Crippen molar-refractivity contribution in [3.63, 3.8) is 0 Å². The van der Waals surface area contributed by atoms with Gasteiger partial charge in [0.05, 0.1) is 11.8 Å². The average molecular weight is 230 g/mol. The summed E-state index contributed by atoms with van der Waals surface area (Å²) in [7, 11) is 0. The van der Waals surface area contributed by atoms with E-state index in [-0.39, 0.29) is 5.78 Å². The summed E-state index contributed by atoms with van der Waals surface area (Å²) in [5.74, 6) is 0.569. The first-order valence-electron chi connectivity index (χ1n) is 5.37. The van der Waals surface area contributed by atoms with Crippen LogP contribution in [0.25, 0.3) is 0 Å². The number of ketones is 1. The molecular weight excluding hydrogens is 216 g/mol. The fourth-order valence-electron chi connectivity index (χ4n) is 1.75. The van der Waals surface area contributed by atoms with Crippen LogP contribution in [0.1, 0.15) is 27.2 Å². The zero-order chi connectivity index (χ0) is 12.4. The molecule has 88 valence electrons. The average Bonchev–Trinajstić information content (AvgIpc) is 2.68. The van der Waals surface area contributed by atoms with Crippen LogP contribution in [-0.4, -0.2) is 10.9 Å². The molecule has 0 unspecified atom stereocenters. The molecule has 1 aromatic carbocycles. The molecule has 0 fully saturated rings. The number of hydrogen-bond acceptors (Lipinski definition) is 4. The van der Waals surface area contributed by atoms with Gasteiger partial charge in [-0.05, 0) is 37.1 Å². The normalized spacial score (nSPS) is 10.5. The van der Waals surface area contributed by atoms with Gasteiger partial charge in [-0.2, -0.15) is 0 Å². The summed E-state index contributed by atoms with van der Waals surface area (Å²) in [6.45, 7) is 3.68. The monoisotopic (exact) mass is 230 g/mol. The third-order valence-electron chi connectivity index (χ3n) is 2.77. The van der Waals surface area contributed by atoms with Gasteiger partial charge in [0.25, 0.3) is 0 Å². The van der Waals surface area contributed by atoms with Crippen molar-refractivity contribution >= 4 is 11.5 Å². The number of hydrogen-bond donors (Lipinski definition) is 1. The Hall–Kier alpha value is -2.10. The molecule has 0 radical (unpaired) electrons. The highest BCUT2D eigenvalue weighted by Gasteiger charge is 2.14. The Morgan fingerprint density at radius 1 is 1.41 bits per heavy atom. The second-order valence-corrected chi connectivity index (χ2v) is 4.08. The van der Waals surface area contributed by atoms with Crippen LogP contribution >= 0.6 is 0 Å². The van der Waals surface area contributed by atoms with Crippen LogP contribution in [0.2, 0.25) is 0 Å². The highest BCUT2D eigenvalue weighted by Crippen LogP contribution is 2.16. The van der Waals surface area contributed by atoms with Gasteiger partial charge in [-0.1, -0.05) is 11.2 Å². The maximum atomic E-state index is 12.0. The molecule has 2 rings (SSSR count). The van der Waals surface area contributed by atoms with Crippen LogP contribution in [-0.2, 0) is 6.42 Å². The van der Waals surface area contributed by atoms with E-state index in [0.717, 1.165) is 11.1 Å². The molecule has 0 spiro atoms. The molecule has 0 aliphatic rings. The number of benzene rings is 1. The van der Waals surface area contributed by atoms with E-state index in [2.05, 4.69) is 5.16 Å². The molecule has 2 N–H and O–H groups in total. The fraction of sp³-hybridized carbons (Fsp3) is 0.231. The molecule has 2 aromatic rings. The van der Waals surface area contributed by atoms with E-state index < -0.39 is 0 Å². The number of aryl methyl sites for hydroxylation is 2. The van der Waals surface area contributed by atoms with Crippen molar-refractivity contribution in [3.8, 4) is 0 Å². The number of Topliss-reactive ketones (excluding diaryl/α,β-unsaturated/α-hetero) is 1. The van der Waals surface area contributed by atoms with Gasteiger partial charge in [0, 0.05) is 12.1 Å². The Bertz CT molecular complexity index is 558. The Balaban J connectivity index is 2.22. The SMILES string of the molecule is Cc1cc(N)ccc1CC(=O)c1cnoc1C. The van der Waals surface area contributed by atoms with Gasteiger partial charge in [-0.3, -0.25) is 4.79 Å². The fourth-order valence-corrected chi connectivity index (χ4v) is 1.75. The molecule has 0 bridgehead atoms. The topological polar surface area (TPSA) is 69.1 Å². The third kappa shape index (κ3) is 2.36. The van der Waals surface area contributed by atoms with Crippen molar-refractivity contribution in [3.05, 3.63) is 46.8 Å². The van der Waals surface area contributed by atoms with E-state index >= 15 is 0 Å². The predicted molar refractivity (Wildman–Crippen MR) is 64.9 cm³/mol. The molecule has 0 aliphatic carbocycles. The summed E-state index contributed by atoms with van der Waals surface area (Å²) >= 11 is 0. The lowest BCUT2D eigenvalue weighted by molar-refractivity contribution is 0.0991. The van der Waals surface area contributed by atoms with Gasteiger partial charge in [-0.15, -0.1) is 0 Å². The van der Waals surface area contributed by atoms with Crippen molar-refractivity contribution in [2.24, 2.45) is 0 Å². The molecule has 0 aliphatic heterocycles. The van der Waals surface area contributed by atoms with Gasteiger partial charge < -0.3 is 10.3 Å². The molecule has 4 nitrogen and oxygen atoms in total. The molecule has 4 heteroatoms. The highest BCUT2D eigenvalue weighted by atomic mass is 16.5. The second kappa shape index (κ2) is 4.41. The lowest BCUT2D eigenvalue weighted by Crippen LogP contribution is -2.05. The summed E-state index contributed by atoms with van der Waals surface area (Å²) in [6.07, 6.45) is 1.80. The van der Waals surface area contributed by atoms with E-state index in [9.17, 15) is 4.79 Å². The van der Waals surface area contributed by atoms with Gasteiger partial charge in [0.1, 0.15) is 5.76 Å². The van der Waals surface area contributed by atoms with Crippen LogP contribution in [0.4, 0.5) is 5.69 Å². The van der Waals surface area contributed by atoms with E-state index in [4.69, 9.17) is 10.3 Å². The summed E-state index contributed by atoms with van der Waals surface area (Å²) < 4.78 is 4.88. The number of nitrogens with two attached hydrogens (primary N) is 1. The maximum Gasteiger partial charge on any atom is 0.172 e. The number of rotatable bonds is 3. The number of aromatic nitrogens is 1. The van der Waals surface area contributed by atoms with Crippen molar-refractivity contribution in [1.82, 2.24) is 5.16 Å². The van der Waals surface area contributed by atoms with Crippen LogP contribution < -0.4 is 5.73 Å². The van der Waals surface area contributed by atoms with Crippen molar-refractivity contribution in [2.45, 2.75) is 20.3 Å². The van der Waals surface area contributed by atoms with Gasteiger partial charge >= 0.3 is 0 Å². The van der Waals surface area contributed by atoms with Crippen LogP contribution in [0.5, 0.6) is 0 Å². The molecule has 1 heterocycles. The number of anilines is 1. The Morgan fingerprint density at radius 3 is 2.76 bits per heavy atom. The number of nitrogens with zero attached hydrogens (tertiary/aromatic N) is 1. The minimum Gasteiger partial charge on any atom is -0.399 e. The first-order valence-corrected chi connectivity index (χ1v) is 5.37. The Labute approximate surface area is 99.4 Å². The zero-order valence-corrected chi connectivity index (χ0v) is 9.86. The summed E-state index contributed by atoms with van der Waals surface area (Å²) in [5, 5.41) is 3.61. The molecule has 17 heavy (non-hydrogen) atoms. The van der Waals surface area contributed by atoms with Gasteiger partial charge in [0.2, 0.25) is 0 Å². The summed E-state index contributed by atoms with van der Waals surface area (Å²) in [5.41, 5.74) is 8.92. The van der Waals surface area contributed by atoms with Crippen molar-refractivity contribution < 1.29 is 9.32 Å². The number of nitrogen functional groups attached to an aromatic ring is 1. The zero-order valence-electron chi connectivity index (χ0n) is 9.86. The van der Waals surface area contributed by atoms with Crippen LogP contribution in [0, 0.1) is 13.8 Å². The Kier molecular flexibility index (Phi) is 2.95. The molecule has 0 saturated heterocycles. The predicted octanol–water partition coefficient (Wildman–Crippen LogP) is 2.30. The lowest BCUT2D eigenvalue weighted by atomic mass is 10.00. The highest BCUT2D eigenvalue weighted by molar-refractivity contribution is 5.98. The summed E-state index contributed by atoms with van der Waals surface area (Å²) in [4.78, 5) is 12.0. The van der Waals surface area contributed by atoms with E-state index in [1.807, 2.05) is 19.1 Å². The van der Waals surface area contributed by atoms with Crippen LogP contribution in [0.15, 0.2) is 28.9 Å². The minimum absolute atomic E-state index is 0.0108. The molecule has 0 saturated carbocycles. The smallest absolute Gasteiger partial charge is 0.172 e. The standard InChI is InChI=1S/C13H14N2O2/c1-8-5-11(14)4-3-10(8)6-13(16)12-7-15-17-9(12)2/h3-5,7H,6,14H2,1-2H3. The quantitative estimate of drug-likeness (QED) is 0.648. The van der Waals surface area contributed by atoms with E-state index in [1.165, 1.54) is 6.20 Å². The molecule has 1 aromatic heterocycles. The molecule has 0 amide bonds. The third-order valence-corrected chi connectivity index (χ3v) is 2.77. The second-order valence-electron chi connectivity index (χ2n) is 4.08. The van der Waals surface area contributed by atoms with Crippen molar-refractivity contribution in [2.75, 3.05) is 5.73 Å². The van der Waals surface area contributed by atoms with Crippen molar-refractivity contribution in [1.29, 1.82) is 0 Å². The van der Waals surface area contributed by atoms with Gasteiger partial charge in [-0.25, -0.2) is 0 Å². The van der Waals surface area contributed by atoms with E-state index in [1.54, 1.807) is 13.0 Å². The minimum atomic E-state index is 0.0108. The number of carbonyl (C=O) groups is 1. The van der Waals surface area contributed by atoms with Crippen LogP contribution in [0.3, 0.4) is 0 Å². The summed E-state index contributed by atoms with van der Waals surface area (Å²) in [6, 6.07) is 5.55.